The van der Waals surface area contributed by atoms with Gasteiger partial charge in [0.1, 0.15) is 5.75 Å². The number of ether oxygens (including phenoxy) is 1. The molecule has 7 nitrogen and oxygen atoms in total. The minimum atomic E-state index is -0.613. The van der Waals surface area contributed by atoms with Crippen molar-refractivity contribution in [3.63, 3.8) is 0 Å². The number of nitro groups is 1. The molecule has 0 bridgehead atoms. The van der Waals surface area contributed by atoms with Crippen molar-refractivity contribution in [3.05, 3.63) is 63.2 Å². The average molecular weight is 349 g/mol. The van der Waals surface area contributed by atoms with Crippen LogP contribution >= 0.6 is 11.6 Å². The molecule has 0 saturated carbocycles. The summed E-state index contributed by atoms with van der Waals surface area (Å²) in [5.41, 5.74) is 0.0981. The zero-order chi connectivity index (χ0) is 17.7. The summed E-state index contributed by atoms with van der Waals surface area (Å²) in [5, 5.41) is 13.5. The smallest absolute Gasteiger partial charge is 0.310 e. The van der Waals surface area contributed by atoms with Gasteiger partial charge in [-0.2, -0.15) is 0 Å². The molecule has 0 aliphatic rings. The van der Waals surface area contributed by atoms with Gasteiger partial charge in [0.15, 0.2) is 0 Å². The Morgan fingerprint density at radius 2 is 2.00 bits per heavy atom. The van der Waals surface area contributed by atoms with Crippen LogP contribution in [-0.4, -0.2) is 16.8 Å². The van der Waals surface area contributed by atoms with Crippen LogP contribution in [0, 0.1) is 10.1 Å². The molecule has 0 heterocycles. The molecule has 24 heavy (non-hydrogen) atoms. The summed E-state index contributed by atoms with van der Waals surface area (Å²) in [7, 11) is 0. The summed E-state index contributed by atoms with van der Waals surface area (Å²) in [6.45, 7) is 1.66. The molecule has 2 rings (SSSR count). The van der Waals surface area contributed by atoms with E-state index in [2.05, 4.69) is 5.32 Å². The molecule has 0 aliphatic carbocycles. The number of hydrogen-bond donors (Lipinski definition) is 1. The minimum Gasteiger partial charge on any atom is -0.426 e. The predicted molar refractivity (Wildman–Crippen MR) is 88.4 cm³/mol. The molecule has 0 saturated heterocycles. The molecular formula is C16H13ClN2O5. The van der Waals surface area contributed by atoms with Crippen LogP contribution in [0.1, 0.15) is 23.7 Å². The SMILES string of the molecule is CCC(=O)Oc1cccc(NC(=O)c2cc([N+](=O)[O-])ccc2Cl)c1. The number of benzene rings is 2. The highest BCUT2D eigenvalue weighted by molar-refractivity contribution is 6.34. The van der Waals surface area contributed by atoms with E-state index >= 15 is 0 Å². The molecule has 1 N–H and O–H groups in total. The average Bonchev–Trinajstić information content (AvgIpc) is 2.55. The van der Waals surface area contributed by atoms with Gasteiger partial charge in [-0.25, -0.2) is 0 Å². The van der Waals surface area contributed by atoms with Gasteiger partial charge >= 0.3 is 5.97 Å². The van der Waals surface area contributed by atoms with E-state index in [1.54, 1.807) is 25.1 Å². The number of esters is 1. The van der Waals surface area contributed by atoms with E-state index in [-0.39, 0.29) is 28.4 Å². The molecular weight excluding hydrogens is 336 g/mol. The number of halogens is 1. The summed E-state index contributed by atoms with van der Waals surface area (Å²) in [6, 6.07) is 9.83. The first-order valence-electron chi connectivity index (χ1n) is 6.96. The Morgan fingerprint density at radius 3 is 2.67 bits per heavy atom. The van der Waals surface area contributed by atoms with Crippen LogP contribution in [0.25, 0.3) is 0 Å². The molecule has 124 valence electrons. The summed E-state index contributed by atoms with van der Waals surface area (Å²) in [4.78, 5) is 33.8. The van der Waals surface area contributed by atoms with E-state index in [4.69, 9.17) is 16.3 Å². The molecule has 0 fully saturated rings. The zero-order valence-corrected chi connectivity index (χ0v) is 13.4. The van der Waals surface area contributed by atoms with Gasteiger partial charge in [-0.3, -0.25) is 19.7 Å². The lowest BCUT2D eigenvalue weighted by Crippen LogP contribution is -2.13. The third-order valence-electron chi connectivity index (χ3n) is 3.02. The summed E-state index contributed by atoms with van der Waals surface area (Å²) >= 11 is 5.93. The Kier molecular flexibility index (Phi) is 5.49. The molecule has 0 radical (unpaired) electrons. The topological polar surface area (TPSA) is 98.5 Å². The van der Waals surface area contributed by atoms with Crippen LogP contribution in [0.2, 0.25) is 5.02 Å². The van der Waals surface area contributed by atoms with Gasteiger partial charge in [-0.15, -0.1) is 0 Å². The molecule has 0 aliphatic heterocycles. The number of rotatable bonds is 5. The predicted octanol–water partition coefficient (Wildman–Crippen LogP) is 3.82. The van der Waals surface area contributed by atoms with Crippen molar-refractivity contribution in [1.82, 2.24) is 0 Å². The number of nitrogens with one attached hydrogen (secondary N) is 1. The fraction of sp³-hybridized carbons (Fsp3) is 0.125. The molecule has 0 unspecified atom stereocenters. The van der Waals surface area contributed by atoms with Crippen LogP contribution in [0.3, 0.4) is 0 Å². The van der Waals surface area contributed by atoms with Crippen LogP contribution in [0.15, 0.2) is 42.5 Å². The maximum atomic E-state index is 12.3. The number of amides is 1. The van der Waals surface area contributed by atoms with Crippen molar-refractivity contribution in [2.45, 2.75) is 13.3 Å². The van der Waals surface area contributed by atoms with Gasteiger partial charge in [-0.05, 0) is 18.2 Å². The second-order valence-corrected chi connectivity index (χ2v) is 5.14. The van der Waals surface area contributed by atoms with E-state index in [0.29, 0.717) is 5.69 Å². The summed E-state index contributed by atoms with van der Waals surface area (Å²) in [6.07, 6.45) is 0.222. The summed E-state index contributed by atoms with van der Waals surface area (Å²) < 4.78 is 5.06. The van der Waals surface area contributed by atoms with Crippen molar-refractivity contribution in [2.75, 3.05) is 5.32 Å². The first-order chi connectivity index (χ1) is 11.4. The van der Waals surface area contributed by atoms with Crippen LogP contribution in [-0.2, 0) is 4.79 Å². The largest absolute Gasteiger partial charge is 0.426 e. The highest BCUT2D eigenvalue weighted by Crippen LogP contribution is 2.24. The quantitative estimate of drug-likeness (QED) is 0.383. The number of hydrogen-bond acceptors (Lipinski definition) is 5. The lowest BCUT2D eigenvalue weighted by molar-refractivity contribution is -0.384. The van der Waals surface area contributed by atoms with Crippen LogP contribution in [0.5, 0.6) is 5.75 Å². The highest BCUT2D eigenvalue weighted by atomic mass is 35.5. The normalized spacial score (nSPS) is 10.1. The number of non-ortho nitro benzene ring substituents is 1. The Labute approximate surface area is 142 Å². The number of nitro benzene ring substituents is 1. The van der Waals surface area contributed by atoms with Crippen LogP contribution in [0.4, 0.5) is 11.4 Å². The second-order valence-electron chi connectivity index (χ2n) is 4.73. The molecule has 2 aromatic carbocycles. The van der Waals surface area contributed by atoms with E-state index < -0.39 is 16.8 Å². The van der Waals surface area contributed by atoms with Crippen molar-refractivity contribution in [1.29, 1.82) is 0 Å². The van der Waals surface area contributed by atoms with Gasteiger partial charge in [-0.1, -0.05) is 24.6 Å². The maximum absolute atomic E-state index is 12.3. The maximum Gasteiger partial charge on any atom is 0.310 e. The lowest BCUT2D eigenvalue weighted by atomic mass is 10.2. The fourth-order valence-corrected chi connectivity index (χ4v) is 2.04. The van der Waals surface area contributed by atoms with Gasteiger partial charge in [0.25, 0.3) is 11.6 Å². The Morgan fingerprint density at radius 1 is 1.25 bits per heavy atom. The first-order valence-corrected chi connectivity index (χ1v) is 7.34. The standard InChI is InChI=1S/C16H13ClN2O5/c1-2-15(20)24-12-5-3-4-10(8-12)18-16(21)13-9-11(19(22)23)6-7-14(13)17/h3-9H,2H2,1H3,(H,18,21). The van der Waals surface area contributed by atoms with Gasteiger partial charge in [0.05, 0.1) is 15.5 Å². The van der Waals surface area contributed by atoms with Crippen molar-refractivity contribution < 1.29 is 19.2 Å². The zero-order valence-electron chi connectivity index (χ0n) is 12.6. The van der Waals surface area contributed by atoms with Gasteiger partial charge in [0.2, 0.25) is 0 Å². The lowest BCUT2D eigenvalue weighted by Gasteiger charge is -2.08. The summed E-state index contributed by atoms with van der Waals surface area (Å²) in [5.74, 6) is -0.729. The number of carbonyl (C=O) groups is 2. The van der Waals surface area contributed by atoms with Crippen molar-refractivity contribution in [3.8, 4) is 5.75 Å². The third kappa shape index (κ3) is 4.30. The molecule has 0 atom stereocenters. The highest BCUT2D eigenvalue weighted by Gasteiger charge is 2.16. The van der Waals surface area contributed by atoms with E-state index in [9.17, 15) is 19.7 Å². The van der Waals surface area contributed by atoms with E-state index in [1.807, 2.05) is 0 Å². The van der Waals surface area contributed by atoms with E-state index in [1.165, 1.54) is 18.2 Å². The van der Waals surface area contributed by atoms with Crippen molar-refractivity contribution >= 4 is 34.9 Å². The Hall–Kier alpha value is -2.93. The minimum absolute atomic E-state index is 0.0261. The number of nitrogens with zero attached hydrogens (tertiary/aromatic N) is 1. The fourth-order valence-electron chi connectivity index (χ4n) is 1.84. The van der Waals surface area contributed by atoms with Crippen molar-refractivity contribution in [2.24, 2.45) is 0 Å². The molecule has 1 amide bonds. The monoisotopic (exact) mass is 348 g/mol. The van der Waals surface area contributed by atoms with E-state index in [0.717, 1.165) is 6.07 Å². The number of anilines is 1. The first kappa shape index (κ1) is 17.4. The molecule has 8 heteroatoms. The molecule has 0 aromatic heterocycles. The van der Waals surface area contributed by atoms with Gasteiger partial charge in [0, 0.05) is 30.3 Å². The molecule has 2 aromatic rings. The third-order valence-corrected chi connectivity index (χ3v) is 3.35. The Bertz CT molecular complexity index is 807. The Balaban J connectivity index is 2.21. The number of carbonyl (C=O) groups excluding carboxylic acids is 2. The van der Waals surface area contributed by atoms with Crippen LogP contribution < -0.4 is 10.1 Å². The van der Waals surface area contributed by atoms with Gasteiger partial charge < -0.3 is 10.1 Å². The second kappa shape index (κ2) is 7.56. The molecule has 0 spiro atoms.